The molecule has 1 heterocycles. The van der Waals surface area contributed by atoms with Crippen molar-refractivity contribution in [2.75, 3.05) is 6.61 Å². The number of amides is 2. The normalized spacial score (nSPS) is 19.0. The molecule has 3 atom stereocenters. The molecule has 3 N–H and O–H groups in total. The topological polar surface area (TPSA) is 105 Å². The van der Waals surface area contributed by atoms with E-state index in [-0.39, 0.29) is 18.9 Å². The lowest BCUT2D eigenvalue weighted by Gasteiger charge is -2.21. The number of hydrogen-bond acceptors (Lipinski definition) is 5. The van der Waals surface area contributed by atoms with Crippen LogP contribution in [0.15, 0.2) is 78.2 Å². The third-order valence-electron chi connectivity index (χ3n) is 6.42. The molecule has 0 fully saturated rings. The predicted octanol–water partition coefficient (Wildman–Crippen LogP) is 4.47. The molecule has 7 nitrogen and oxygen atoms in total. The van der Waals surface area contributed by atoms with Crippen molar-refractivity contribution in [1.82, 2.24) is 10.6 Å². The Kier molecular flexibility index (Phi) is 6.37. The summed E-state index contributed by atoms with van der Waals surface area (Å²) in [7, 11) is 0. The molecule has 178 valence electrons. The third kappa shape index (κ3) is 4.70. The molecule has 0 spiro atoms. The van der Waals surface area contributed by atoms with Crippen LogP contribution in [0, 0.1) is 5.92 Å². The molecule has 0 bridgehead atoms. The molecular weight excluding hydrogens is 464 g/mol. The number of carbonyl (C=O) groups excluding carboxylic acids is 2. The highest BCUT2D eigenvalue weighted by Gasteiger charge is 2.32. The molecule has 3 unspecified atom stereocenters. The minimum Gasteiger partial charge on any atom is -0.481 e. The first-order valence-electron chi connectivity index (χ1n) is 11.4. The maximum atomic E-state index is 13.0. The summed E-state index contributed by atoms with van der Waals surface area (Å²) in [6.45, 7) is 0.143. The van der Waals surface area contributed by atoms with Crippen LogP contribution in [-0.2, 0) is 14.3 Å². The highest BCUT2D eigenvalue weighted by atomic mass is 32.1. The highest BCUT2D eigenvalue weighted by Crippen LogP contribution is 2.44. The van der Waals surface area contributed by atoms with Crippen molar-refractivity contribution in [2.24, 2.45) is 5.92 Å². The zero-order valence-corrected chi connectivity index (χ0v) is 19.5. The van der Waals surface area contributed by atoms with Crippen LogP contribution >= 0.6 is 11.3 Å². The molecule has 8 heteroatoms. The number of carboxylic acids is 1. The van der Waals surface area contributed by atoms with Gasteiger partial charge >= 0.3 is 12.1 Å². The fraction of sp³-hybridized carbons (Fsp3) is 0.222. The maximum Gasteiger partial charge on any atom is 0.408 e. The summed E-state index contributed by atoms with van der Waals surface area (Å²) in [5, 5.41) is 16.5. The second-order valence-corrected chi connectivity index (χ2v) is 9.58. The molecule has 2 aliphatic carbocycles. The van der Waals surface area contributed by atoms with Gasteiger partial charge in [-0.1, -0.05) is 66.7 Å². The van der Waals surface area contributed by atoms with Gasteiger partial charge in [-0.15, -0.1) is 11.3 Å². The number of aliphatic carboxylic acids is 1. The van der Waals surface area contributed by atoms with Crippen molar-refractivity contribution in [3.63, 3.8) is 0 Å². The summed E-state index contributed by atoms with van der Waals surface area (Å²) in [5.74, 6) is -2.06. The molecule has 0 radical (unpaired) electrons. The van der Waals surface area contributed by atoms with E-state index in [4.69, 9.17) is 4.74 Å². The number of carbonyl (C=O) groups is 3. The van der Waals surface area contributed by atoms with Gasteiger partial charge in [0.1, 0.15) is 12.6 Å². The largest absolute Gasteiger partial charge is 0.481 e. The summed E-state index contributed by atoms with van der Waals surface area (Å²) in [4.78, 5) is 37.7. The third-order valence-corrected chi connectivity index (χ3v) is 7.36. The number of rotatable bonds is 7. The first-order chi connectivity index (χ1) is 17.0. The Labute approximate surface area is 206 Å². The number of carboxylic acid groups (broad SMARTS) is 1. The van der Waals surface area contributed by atoms with E-state index in [1.54, 1.807) is 24.3 Å². The van der Waals surface area contributed by atoms with Crippen molar-refractivity contribution >= 4 is 29.3 Å². The molecule has 2 amide bonds. The van der Waals surface area contributed by atoms with Crippen LogP contribution in [0.1, 0.15) is 34.4 Å². The number of benzene rings is 2. The van der Waals surface area contributed by atoms with Crippen LogP contribution in [0.4, 0.5) is 4.79 Å². The fourth-order valence-corrected chi connectivity index (χ4v) is 5.51. The lowest BCUT2D eigenvalue weighted by Crippen LogP contribution is -2.43. The van der Waals surface area contributed by atoms with Crippen molar-refractivity contribution in [1.29, 1.82) is 0 Å². The predicted molar refractivity (Wildman–Crippen MR) is 132 cm³/mol. The molecular formula is C27H24N2O5S. The number of alkyl carbamates (subject to hydrolysis) is 1. The van der Waals surface area contributed by atoms with Crippen LogP contribution in [0.25, 0.3) is 11.1 Å². The fourth-order valence-electron chi connectivity index (χ4n) is 4.73. The van der Waals surface area contributed by atoms with Gasteiger partial charge in [0.25, 0.3) is 0 Å². The van der Waals surface area contributed by atoms with Crippen molar-refractivity contribution < 1.29 is 24.2 Å². The molecule has 2 aliphatic rings. The Hall–Kier alpha value is -3.91. The molecule has 35 heavy (non-hydrogen) atoms. The van der Waals surface area contributed by atoms with Crippen LogP contribution in [0.5, 0.6) is 0 Å². The minimum absolute atomic E-state index is 0.0845. The number of ether oxygens (including phenoxy) is 1. The van der Waals surface area contributed by atoms with Crippen molar-refractivity contribution in [3.8, 4) is 11.1 Å². The van der Waals surface area contributed by atoms with Gasteiger partial charge in [-0.25, -0.2) is 4.79 Å². The summed E-state index contributed by atoms with van der Waals surface area (Å²) < 4.78 is 5.62. The Balaban J connectivity index is 1.25. The van der Waals surface area contributed by atoms with Gasteiger partial charge < -0.3 is 20.5 Å². The van der Waals surface area contributed by atoms with E-state index in [1.165, 1.54) is 11.3 Å². The second-order valence-electron chi connectivity index (χ2n) is 8.60. The standard InChI is InChI=1S/C27H24N2O5S/c30-25(28-17-12-11-16(14-17)26(31)32)24(23-10-5-13-35-23)29-27(33)34-15-22-20-8-3-1-6-18(20)19-7-2-4-9-21(19)22/h1-13,16-17,22,24H,14-15H2,(H,28,30)(H,29,33)(H,31,32). The number of thiophene rings is 1. The maximum absolute atomic E-state index is 13.0. The van der Waals surface area contributed by atoms with Gasteiger partial charge in [-0.05, 0) is 40.1 Å². The van der Waals surface area contributed by atoms with Gasteiger partial charge in [-0.3, -0.25) is 9.59 Å². The molecule has 0 saturated heterocycles. The molecule has 0 saturated carbocycles. The number of fused-ring (bicyclic) bond motifs is 3. The number of nitrogens with one attached hydrogen (secondary N) is 2. The zero-order chi connectivity index (χ0) is 24.4. The van der Waals surface area contributed by atoms with E-state index < -0.39 is 36.0 Å². The zero-order valence-electron chi connectivity index (χ0n) is 18.7. The second kappa shape index (κ2) is 9.76. The molecule has 3 aromatic rings. The van der Waals surface area contributed by atoms with Gasteiger partial charge in [0, 0.05) is 16.8 Å². The van der Waals surface area contributed by atoms with Gasteiger partial charge in [0.15, 0.2) is 0 Å². The smallest absolute Gasteiger partial charge is 0.408 e. The van der Waals surface area contributed by atoms with Crippen molar-refractivity contribution in [2.45, 2.75) is 24.4 Å². The SMILES string of the molecule is O=C(NC(C(=O)NC1C=CC(C(=O)O)C1)c1cccs1)OCC1c2ccccc2-c2ccccc21. The Bertz CT molecular complexity index is 1240. The van der Waals surface area contributed by atoms with E-state index in [1.807, 2.05) is 41.8 Å². The van der Waals surface area contributed by atoms with E-state index in [9.17, 15) is 19.5 Å². The summed E-state index contributed by atoms with van der Waals surface area (Å²) in [6, 6.07) is 18.4. The Morgan fingerprint density at radius 3 is 2.26 bits per heavy atom. The lowest BCUT2D eigenvalue weighted by atomic mass is 9.98. The van der Waals surface area contributed by atoms with Crippen LogP contribution in [-0.4, -0.2) is 35.7 Å². The highest BCUT2D eigenvalue weighted by molar-refractivity contribution is 7.10. The first kappa shape index (κ1) is 22.9. The summed E-state index contributed by atoms with van der Waals surface area (Å²) in [6.07, 6.45) is 2.84. The van der Waals surface area contributed by atoms with Gasteiger partial charge in [-0.2, -0.15) is 0 Å². The van der Waals surface area contributed by atoms with Crippen molar-refractivity contribution in [3.05, 3.63) is 94.2 Å². The van der Waals surface area contributed by atoms with Crippen LogP contribution < -0.4 is 10.6 Å². The van der Waals surface area contributed by atoms with E-state index >= 15 is 0 Å². The van der Waals surface area contributed by atoms with Crippen LogP contribution in [0.3, 0.4) is 0 Å². The Morgan fingerprint density at radius 2 is 1.66 bits per heavy atom. The van der Waals surface area contributed by atoms with Gasteiger partial charge in [0.2, 0.25) is 5.91 Å². The monoisotopic (exact) mass is 488 g/mol. The molecule has 0 aliphatic heterocycles. The van der Waals surface area contributed by atoms with E-state index in [2.05, 4.69) is 22.8 Å². The van der Waals surface area contributed by atoms with E-state index in [0.29, 0.717) is 4.88 Å². The first-order valence-corrected chi connectivity index (χ1v) is 12.3. The molecule has 5 rings (SSSR count). The molecule has 1 aromatic heterocycles. The Morgan fingerprint density at radius 1 is 0.971 bits per heavy atom. The number of hydrogen-bond donors (Lipinski definition) is 3. The average molecular weight is 489 g/mol. The van der Waals surface area contributed by atoms with E-state index in [0.717, 1.165) is 22.3 Å². The lowest BCUT2D eigenvalue weighted by molar-refractivity contribution is -0.140. The summed E-state index contributed by atoms with van der Waals surface area (Å²) in [5.41, 5.74) is 4.49. The average Bonchev–Trinajstić information content (AvgIpc) is 3.61. The van der Waals surface area contributed by atoms with Gasteiger partial charge in [0.05, 0.1) is 5.92 Å². The molecule has 2 aromatic carbocycles. The minimum atomic E-state index is -0.942. The summed E-state index contributed by atoms with van der Waals surface area (Å²) >= 11 is 1.35. The quantitative estimate of drug-likeness (QED) is 0.426. The van der Waals surface area contributed by atoms with Crippen LogP contribution in [0.2, 0.25) is 0 Å².